The van der Waals surface area contributed by atoms with Crippen molar-refractivity contribution in [2.24, 2.45) is 5.73 Å². The number of aromatic nitrogens is 1. The van der Waals surface area contributed by atoms with E-state index in [0.29, 0.717) is 10.8 Å². The van der Waals surface area contributed by atoms with Crippen LogP contribution in [-0.2, 0) is 5.41 Å². The van der Waals surface area contributed by atoms with Crippen molar-refractivity contribution < 1.29 is 4.74 Å². The molecule has 108 valence electrons. The highest BCUT2D eigenvalue weighted by atomic mass is 35.5. The SMILES string of the molecule is COc1cccc(Cl)c1C(N)c1nc(C(C)(C)C)cs1. The zero-order valence-corrected chi connectivity index (χ0v) is 13.7. The standard InChI is InChI=1S/C15H19ClN2OS/c1-15(2,3)11-8-20-14(18-11)13(17)12-9(16)6-5-7-10(12)19-4/h5-8,13H,17H2,1-4H3. The average molecular weight is 311 g/mol. The molecule has 5 heteroatoms. The topological polar surface area (TPSA) is 48.1 Å². The van der Waals surface area contributed by atoms with Crippen molar-refractivity contribution in [2.45, 2.75) is 32.2 Å². The molecule has 0 spiro atoms. The highest BCUT2D eigenvalue weighted by Gasteiger charge is 2.23. The van der Waals surface area contributed by atoms with Crippen LogP contribution < -0.4 is 10.5 Å². The van der Waals surface area contributed by atoms with Crippen molar-refractivity contribution in [3.05, 3.63) is 44.9 Å². The summed E-state index contributed by atoms with van der Waals surface area (Å²) in [4.78, 5) is 4.65. The molecule has 0 aliphatic carbocycles. The van der Waals surface area contributed by atoms with E-state index in [9.17, 15) is 0 Å². The van der Waals surface area contributed by atoms with Gasteiger partial charge < -0.3 is 10.5 Å². The van der Waals surface area contributed by atoms with Crippen LogP contribution in [0.2, 0.25) is 5.02 Å². The molecule has 0 aliphatic heterocycles. The molecule has 1 aromatic carbocycles. The third-order valence-electron chi connectivity index (χ3n) is 3.10. The Bertz CT molecular complexity index is 604. The summed E-state index contributed by atoms with van der Waals surface area (Å²) >= 11 is 7.82. The normalized spacial score (nSPS) is 13.3. The third kappa shape index (κ3) is 2.97. The van der Waals surface area contributed by atoms with Gasteiger partial charge in [-0.3, -0.25) is 0 Å². The number of rotatable bonds is 3. The molecule has 0 aliphatic rings. The quantitative estimate of drug-likeness (QED) is 0.926. The number of nitrogens with zero attached hydrogens (tertiary/aromatic N) is 1. The van der Waals surface area contributed by atoms with E-state index >= 15 is 0 Å². The molecule has 1 aromatic heterocycles. The van der Waals surface area contributed by atoms with Crippen molar-refractivity contribution in [2.75, 3.05) is 7.11 Å². The summed E-state index contributed by atoms with van der Waals surface area (Å²) in [6.07, 6.45) is 0. The van der Waals surface area contributed by atoms with Crippen molar-refractivity contribution >= 4 is 22.9 Å². The minimum Gasteiger partial charge on any atom is -0.496 e. The van der Waals surface area contributed by atoms with Crippen molar-refractivity contribution in [3.8, 4) is 5.75 Å². The van der Waals surface area contributed by atoms with E-state index in [4.69, 9.17) is 22.1 Å². The van der Waals surface area contributed by atoms with Crippen molar-refractivity contribution in [1.82, 2.24) is 4.98 Å². The lowest BCUT2D eigenvalue weighted by atomic mass is 9.93. The molecule has 1 heterocycles. The van der Waals surface area contributed by atoms with E-state index in [-0.39, 0.29) is 11.5 Å². The molecule has 3 nitrogen and oxygen atoms in total. The molecule has 0 fully saturated rings. The minimum absolute atomic E-state index is 0.0129. The van der Waals surface area contributed by atoms with Gasteiger partial charge in [-0.25, -0.2) is 4.98 Å². The second-order valence-electron chi connectivity index (χ2n) is 5.65. The van der Waals surface area contributed by atoms with E-state index in [0.717, 1.165) is 16.3 Å². The monoisotopic (exact) mass is 310 g/mol. The van der Waals surface area contributed by atoms with Crippen LogP contribution in [0.4, 0.5) is 0 Å². The molecule has 0 saturated carbocycles. The lowest BCUT2D eigenvalue weighted by Gasteiger charge is -2.16. The molecule has 1 unspecified atom stereocenters. The summed E-state index contributed by atoms with van der Waals surface area (Å²) in [6.45, 7) is 6.40. The van der Waals surface area contributed by atoms with Crippen LogP contribution in [0, 0.1) is 0 Å². The van der Waals surface area contributed by atoms with Gasteiger partial charge in [0, 0.05) is 21.4 Å². The van der Waals surface area contributed by atoms with Crippen LogP contribution in [0.5, 0.6) is 5.75 Å². The molecular weight excluding hydrogens is 292 g/mol. The van der Waals surface area contributed by atoms with Gasteiger partial charge in [0.15, 0.2) is 0 Å². The zero-order chi connectivity index (χ0) is 14.9. The maximum Gasteiger partial charge on any atom is 0.125 e. The fraction of sp³-hybridized carbons (Fsp3) is 0.400. The maximum atomic E-state index is 6.33. The number of hydrogen-bond donors (Lipinski definition) is 1. The smallest absolute Gasteiger partial charge is 0.125 e. The van der Waals surface area contributed by atoms with Crippen LogP contribution in [0.25, 0.3) is 0 Å². The average Bonchev–Trinajstić information content (AvgIpc) is 2.87. The number of hydrogen-bond acceptors (Lipinski definition) is 4. The largest absolute Gasteiger partial charge is 0.496 e. The molecular formula is C15H19ClN2OS. The Morgan fingerprint density at radius 2 is 2.05 bits per heavy atom. The van der Waals surface area contributed by atoms with Gasteiger partial charge in [0.2, 0.25) is 0 Å². The Balaban J connectivity index is 2.42. The Hall–Kier alpha value is -1.10. The first-order valence-electron chi connectivity index (χ1n) is 6.38. The van der Waals surface area contributed by atoms with E-state index in [1.165, 1.54) is 0 Å². The molecule has 0 radical (unpaired) electrons. The minimum atomic E-state index is -0.375. The summed E-state index contributed by atoms with van der Waals surface area (Å²) in [5.41, 5.74) is 8.17. The molecule has 2 rings (SSSR count). The molecule has 2 N–H and O–H groups in total. The van der Waals surface area contributed by atoms with Crippen LogP contribution in [0.15, 0.2) is 23.6 Å². The number of thiazole rings is 1. The van der Waals surface area contributed by atoms with Gasteiger partial charge in [0.1, 0.15) is 10.8 Å². The van der Waals surface area contributed by atoms with Gasteiger partial charge >= 0.3 is 0 Å². The summed E-state index contributed by atoms with van der Waals surface area (Å²) in [6, 6.07) is 5.15. The van der Waals surface area contributed by atoms with Gasteiger partial charge in [-0.1, -0.05) is 38.4 Å². The fourth-order valence-corrected chi connectivity index (χ4v) is 3.23. The highest BCUT2D eigenvalue weighted by molar-refractivity contribution is 7.09. The number of halogens is 1. The molecule has 0 amide bonds. The van der Waals surface area contributed by atoms with Gasteiger partial charge in [-0.2, -0.15) is 0 Å². The summed E-state index contributed by atoms with van der Waals surface area (Å²) in [7, 11) is 1.62. The number of methoxy groups -OCH3 is 1. The van der Waals surface area contributed by atoms with E-state index in [2.05, 4.69) is 31.1 Å². The van der Waals surface area contributed by atoms with Crippen LogP contribution in [0.1, 0.15) is 43.1 Å². The van der Waals surface area contributed by atoms with Gasteiger partial charge in [-0.05, 0) is 12.1 Å². The number of nitrogens with two attached hydrogens (primary N) is 1. The molecule has 20 heavy (non-hydrogen) atoms. The lowest BCUT2D eigenvalue weighted by molar-refractivity contribution is 0.408. The predicted molar refractivity (Wildman–Crippen MR) is 84.8 cm³/mol. The van der Waals surface area contributed by atoms with E-state index < -0.39 is 0 Å². The lowest BCUT2D eigenvalue weighted by Crippen LogP contribution is -2.16. The predicted octanol–water partition coefficient (Wildman–Crippen LogP) is 4.15. The first-order chi connectivity index (χ1) is 9.34. The first kappa shape index (κ1) is 15.3. The molecule has 2 aromatic rings. The van der Waals surface area contributed by atoms with E-state index in [1.54, 1.807) is 18.4 Å². The van der Waals surface area contributed by atoms with Gasteiger partial charge in [0.05, 0.1) is 18.8 Å². The maximum absolute atomic E-state index is 6.33. The summed E-state index contributed by atoms with van der Waals surface area (Å²) in [5, 5.41) is 3.50. The number of benzene rings is 1. The first-order valence-corrected chi connectivity index (χ1v) is 7.64. The molecule has 0 bridgehead atoms. The Labute approximate surface area is 128 Å². The van der Waals surface area contributed by atoms with E-state index in [1.807, 2.05) is 18.2 Å². The van der Waals surface area contributed by atoms with Crippen molar-refractivity contribution in [3.63, 3.8) is 0 Å². The molecule has 0 saturated heterocycles. The Morgan fingerprint density at radius 3 is 2.60 bits per heavy atom. The zero-order valence-electron chi connectivity index (χ0n) is 12.1. The van der Waals surface area contributed by atoms with Crippen LogP contribution in [-0.4, -0.2) is 12.1 Å². The number of ether oxygens (including phenoxy) is 1. The Morgan fingerprint density at radius 1 is 1.35 bits per heavy atom. The van der Waals surface area contributed by atoms with Crippen LogP contribution in [0.3, 0.4) is 0 Å². The third-order valence-corrected chi connectivity index (χ3v) is 4.36. The summed E-state index contributed by atoms with van der Waals surface area (Å²) < 4.78 is 5.36. The van der Waals surface area contributed by atoms with Crippen molar-refractivity contribution in [1.29, 1.82) is 0 Å². The molecule has 1 atom stereocenters. The van der Waals surface area contributed by atoms with Gasteiger partial charge in [0.25, 0.3) is 0 Å². The second kappa shape index (κ2) is 5.72. The summed E-state index contributed by atoms with van der Waals surface area (Å²) in [5.74, 6) is 0.692. The van der Waals surface area contributed by atoms with Gasteiger partial charge in [-0.15, -0.1) is 11.3 Å². The highest BCUT2D eigenvalue weighted by Crippen LogP contribution is 2.36. The van der Waals surface area contributed by atoms with Crippen LogP contribution >= 0.6 is 22.9 Å². The Kier molecular flexibility index (Phi) is 4.37. The second-order valence-corrected chi connectivity index (χ2v) is 6.95. The fourth-order valence-electron chi connectivity index (χ4n) is 1.90.